The van der Waals surface area contributed by atoms with Crippen LogP contribution in [-0.2, 0) is 21.2 Å². The number of rotatable bonds is 6. The number of anilines is 1. The molecule has 1 aliphatic heterocycles. The number of sulfonamides is 1. The lowest BCUT2D eigenvalue weighted by Gasteiger charge is -2.19. The highest BCUT2D eigenvalue weighted by Crippen LogP contribution is 2.30. The first-order valence-corrected chi connectivity index (χ1v) is 9.49. The van der Waals surface area contributed by atoms with E-state index in [1.165, 1.54) is 4.31 Å². The third-order valence-electron chi connectivity index (χ3n) is 4.21. The summed E-state index contributed by atoms with van der Waals surface area (Å²) < 4.78 is 24.7. The van der Waals surface area contributed by atoms with Gasteiger partial charge in [-0.25, -0.2) is 8.42 Å². The summed E-state index contributed by atoms with van der Waals surface area (Å²) in [6, 6.07) is 4.91. The number of nitrogens with zero attached hydrogens (tertiary/aromatic N) is 1. The Kier molecular flexibility index (Phi) is 4.89. The molecule has 0 bridgehead atoms. The summed E-state index contributed by atoms with van der Waals surface area (Å²) >= 11 is 0. The van der Waals surface area contributed by atoms with Crippen LogP contribution in [0, 0.1) is 5.41 Å². The molecule has 132 valence electrons. The normalized spacial score (nSPS) is 14.4. The summed E-state index contributed by atoms with van der Waals surface area (Å²) in [5.74, 6) is -1.20. The van der Waals surface area contributed by atoms with E-state index in [9.17, 15) is 18.0 Å². The van der Waals surface area contributed by atoms with E-state index in [0.717, 1.165) is 11.8 Å². The highest BCUT2D eigenvalue weighted by molar-refractivity contribution is 7.92. The van der Waals surface area contributed by atoms with Gasteiger partial charge in [0.25, 0.3) is 5.91 Å². The smallest absolute Gasteiger partial charge is 0.309 e. The topological polar surface area (TPSA) is 104 Å². The van der Waals surface area contributed by atoms with E-state index in [1.807, 2.05) is 0 Å². The molecule has 1 heterocycles. The predicted octanol–water partition coefficient (Wildman–Crippen LogP) is 1.24. The minimum Gasteiger partial charge on any atom is -0.481 e. The van der Waals surface area contributed by atoms with Crippen molar-refractivity contribution in [3.63, 3.8) is 0 Å². The first-order chi connectivity index (χ1) is 11.0. The van der Waals surface area contributed by atoms with Crippen LogP contribution >= 0.6 is 0 Å². The number of aliphatic carboxylic acids is 1. The van der Waals surface area contributed by atoms with Gasteiger partial charge in [-0.1, -0.05) is 0 Å². The minimum absolute atomic E-state index is 0.255. The maximum atomic E-state index is 12.2. The van der Waals surface area contributed by atoms with Gasteiger partial charge in [-0.2, -0.15) is 0 Å². The van der Waals surface area contributed by atoms with Crippen molar-refractivity contribution in [2.75, 3.05) is 23.7 Å². The van der Waals surface area contributed by atoms with Crippen LogP contribution in [0.2, 0.25) is 0 Å². The molecule has 1 aromatic rings. The number of carbonyl (C=O) groups excluding carboxylic acids is 1. The standard InChI is InChI=1S/C16H22N2O5S/c1-16(2,15(20)21)7-8-17-14(19)12-4-5-13-11(10-12)6-9-18(13)24(3,22)23/h4-5,10H,6-9H2,1-3H3,(H,17,19)(H,20,21). The van der Waals surface area contributed by atoms with E-state index < -0.39 is 21.4 Å². The number of hydrogen-bond donors (Lipinski definition) is 2. The van der Waals surface area contributed by atoms with Crippen LogP contribution in [0.1, 0.15) is 36.2 Å². The number of hydrogen-bond acceptors (Lipinski definition) is 4. The Morgan fingerprint density at radius 3 is 2.58 bits per heavy atom. The Hall–Kier alpha value is -2.09. The highest BCUT2D eigenvalue weighted by Gasteiger charge is 2.28. The number of carboxylic acid groups (broad SMARTS) is 1. The maximum Gasteiger partial charge on any atom is 0.309 e. The molecule has 0 radical (unpaired) electrons. The number of fused-ring (bicyclic) bond motifs is 1. The molecule has 0 atom stereocenters. The fraction of sp³-hybridized carbons (Fsp3) is 0.500. The molecule has 2 N–H and O–H groups in total. The first kappa shape index (κ1) is 18.3. The number of carboxylic acids is 1. The Bertz CT molecular complexity index is 771. The number of benzene rings is 1. The van der Waals surface area contributed by atoms with Gasteiger partial charge < -0.3 is 10.4 Å². The lowest BCUT2D eigenvalue weighted by Crippen LogP contribution is -2.32. The zero-order valence-electron chi connectivity index (χ0n) is 14.0. The Morgan fingerprint density at radius 2 is 2.00 bits per heavy atom. The SMILES string of the molecule is CC(C)(CCNC(=O)c1ccc2c(c1)CCN2S(C)(=O)=O)C(=O)O. The van der Waals surface area contributed by atoms with Crippen molar-refractivity contribution in [3.05, 3.63) is 29.3 Å². The van der Waals surface area contributed by atoms with Crippen molar-refractivity contribution in [2.45, 2.75) is 26.7 Å². The van der Waals surface area contributed by atoms with Gasteiger partial charge in [0.2, 0.25) is 10.0 Å². The van der Waals surface area contributed by atoms with Crippen LogP contribution in [0.15, 0.2) is 18.2 Å². The molecule has 0 saturated carbocycles. The van der Waals surface area contributed by atoms with E-state index in [1.54, 1.807) is 32.0 Å². The van der Waals surface area contributed by atoms with Crippen molar-refractivity contribution in [1.29, 1.82) is 0 Å². The van der Waals surface area contributed by atoms with E-state index in [2.05, 4.69) is 5.32 Å². The molecule has 1 aliphatic rings. The van der Waals surface area contributed by atoms with E-state index >= 15 is 0 Å². The number of amides is 1. The second-order valence-corrected chi connectivity index (χ2v) is 8.53. The van der Waals surface area contributed by atoms with Crippen molar-refractivity contribution in [3.8, 4) is 0 Å². The van der Waals surface area contributed by atoms with Gasteiger partial charge in [0.05, 0.1) is 17.4 Å². The third-order valence-corrected chi connectivity index (χ3v) is 5.39. The average Bonchev–Trinajstić information content (AvgIpc) is 2.89. The Labute approximate surface area is 141 Å². The monoisotopic (exact) mass is 354 g/mol. The fourth-order valence-electron chi connectivity index (χ4n) is 2.55. The molecule has 0 aromatic heterocycles. The zero-order chi connectivity index (χ0) is 18.1. The molecule has 24 heavy (non-hydrogen) atoms. The summed E-state index contributed by atoms with van der Waals surface area (Å²) in [4.78, 5) is 23.2. The summed E-state index contributed by atoms with van der Waals surface area (Å²) in [6.45, 7) is 3.85. The van der Waals surface area contributed by atoms with Gasteiger partial charge in [-0.3, -0.25) is 13.9 Å². The molecule has 0 fully saturated rings. The van der Waals surface area contributed by atoms with E-state index in [4.69, 9.17) is 5.11 Å². The maximum absolute atomic E-state index is 12.2. The summed E-state index contributed by atoms with van der Waals surface area (Å²) in [5, 5.41) is 11.8. The Morgan fingerprint density at radius 1 is 1.33 bits per heavy atom. The van der Waals surface area contributed by atoms with Gasteiger partial charge >= 0.3 is 5.97 Å². The van der Waals surface area contributed by atoms with Gasteiger partial charge in [0, 0.05) is 18.7 Å². The molecule has 2 rings (SSSR count). The van der Waals surface area contributed by atoms with Crippen molar-refractivity contribution >= 4 is 27.6 Å². The van der Waals surface area contributed by atoms with Crippen LogP contribution in [0.5, 0.6) is 0 Å². The second kappa shape index (κ2) is 6.43. The number of carbonyl (C=O) groups is 2. The Balaban J connectivity index is 2.04. The van der Waals surface area contributed by atoms with Crippen LogP contribution < -0.4 is 9.62 Å². The quantitative estimate of drug-likeness (QED) is 0.800. The van der Waals surface area contributed by atoms with Crippen LogP contribution in [0.4, 0.5) is 5.69 Å². The fourth-order valence-corrected chi connectivity index (χ4v) is 3.51. The third kappa shape index (κ3) is 3.87. The molecular weight excluding hydrogens is 332 g/mol. The molecule has 8 heteroatoms. The molecule has 0 aliphatic carbocycles. The molecular formula is C16H22N2O5S. The zero-order valence-corrected chi connectivity index (χ0v) is 14.8. The molecule has 0 spiro atoms. The van der Waals surface area contributed by atoms with Gasteiger partial charge in [0.1, 0.15) is 0 Å². The molecule has 1 aromatic carbocycles. The van der Waals surface area contributed by atoms with Crippen molar-refractivity contribution in [2.24, 2.45) is 5.41 Å². The highest BCUT2D eigenvalue weighted by atomic mass is 32.2. The summed E-state index contributed by atoms with van der Waals surface area (Å²) in [5.41, 5.74) is 0.971. The van der Waals surface area contributed by atoms with Gasteiger partial charge in [-0.15, -0.1) is 0 Å². The predicted molar refractivity (Wildman–Crippen MR) is 90.7 cm³/mol. The average molecular weight is 354 g/mol. The lowest BCUT2D eigenvalue weighted by molar-refractivity contribution is -0.147. The van der Waals surface area contributed by atoms with Crippen molar-refractivity contribution in [1.82, 2.24) is 5.32 Å². The molecule has 1 amide bonds. The van der Waals surface area contributed by atoms with Crippen LogP contribution in [0.3, 0.4) is 0 Å². The van der Waals surface area contributed by atoms with Crippen LogP contribution in [0.25, 0.3) is 0 Å². The van der Waals surface area contributed by atoms with Crippen molar-refractivity contribution < 1.29 is 23.1 Å². The van der Waals surface area contributed by atoms with E-state index in [0.29, 0.717) is 30.6 Å². The van der Waals surface area contributed by atoms with Gasteiger partial charge in [0.15, 0.2) is 0 Å². The minimum atomic E-state index is -3.31. The van der Waals surface area contributed by atoms with Gasteiger partial charge in [-0.05, 0) is 50.5 Å². The summed E-state index contributed by atoms with van der Waals surface area (Å²) in [7, 11) is -3.31. The molecule has 0 unspecified atom stereocenters. The van der Waals surface area contributed by atoms with Crippen LogP contribution in [-0.4, -0.2) is 44.7 Å². The van der Waals surface area contributed by atoms with E-state index in [-0.39, 0.29) is 12.5 Å². The molecule has 0 saturated heterocycles. The first-order valence-electron chi connectivity index (χ1n) is 7.64. The lowest BCUT2D eigenvalue weighted by atomic mass is 9.89. The summed E-state index contributed by atoms with van der Waals surface area (Å²) in [6.07, 6.45) is 2.04. The second-order valence-electron chi connectivity index (χ2n) is 6.62. The largest absolute Gasteiger partial charge is 0.481 e. The number of nitrogens with one attached hydrogen (secondary N) is 1. The molecule has 7 nitrogen and oxygen atoms in total.